The van der Waals surface area contributed by atoms with Crippen molar-refractivity contribution in [2.45, 2.75) is 27.3 Å². The lowest BCUT2D eigenvalue weighted by Crippen LogP contribution is -2.44. The third kappa shape index (κ3) is 4.51. The smallest absolute Gasteiger partial charge is 0.317 e. The maximum absolute atomic E-state index is 11.8. The van der Waals surface area contributed by atoms with Crippen molar-refractivity contribution in [1.29, 1.82) is 0 Å². The molecule has 7 heteroatoms. The maximum Gasteiger partial charge on any atom is 0.317 e. The summed E-state index contributed by atoms with van der Waals surface area (Å²) in [6, 6.07) is -0.306. The molecule has 0 radical (unpaired) electrons. The molecule has 0 bridgehead atoms. The van der Waals surface area contributed by atoms with Crippen LogP contribution in [-0.4, -0.2) is 40.6 Å². The minimum Gasteiger partial charge on any atom is -0.481 e. The van der Waals surface area contributed by atoms with E-state index in [1.165, 1.54) is 16.2 Å². The van der Waals surface area contributed by atoms with Gasteiger partial charge in [0.1, 0.15) is 0 Å². The normalized spacial score (nSPS) is 11.2. The Morgan fingerprint density at radius 2 is 2.16 bits per heavy atom. The number of carboxylic acid groups (broad SMARTS) is 1. The number of carbonyl (C=O) groups excluding carboxylic acids is 1. The van der Waals surface area contributed by atoms with Crippen LogP contribution in [0.1, 0.15) is 24.5 Å². The topological polar surface area (TPSA) is 82.5 Å². The molecular formula is C12H19N3O3S. The molecule has 0 aromatic carbocycles. The zero-order valence-corrected chi connectivity index (χ0v) is 12.4. The molecule has 0 aliphatic heterocycles. The summed E-state index contributed by atoms with van der Waals surface area (Å²) in [4.78, 5) is 28.5. The number of aliphatic carboxylic acids is 1. The van der Waals surface area contributed by atoms with Crippen LogP contribution >= 0.6 is 11.3 Å². The number of aromatic nitrogens is 1. The highest BCUT2D eigenvalue weighted by molar-refractivity contribution is 7.09. The monoisotopic (exact) mass is 285 g/mol. The van der Waals surface area contributed by atoms with Crippen LogP contribution in [0, 0.1) is 12.3 Å². The maximum atomic E-state index is 11.8. The Morgan fingerprint density at radius 3 is 2.63 bits per heavy atom. The molecule has 2 N–H and O–H groups in total. The summed E-state index contributed by atoms with van der Waals surface area (Å²) in [5.41, 5.74) is -0.147. The van der Waals surface area contributed by atoms with Gasteiger partial charge in [-0.25, -0.2) is 9.78 Å². The summed E-state index contributed by atoms with van der Waals surface area (Å²) in [5.74, 6) is -0.939. The average Bonchev–Trinajstić information content (AvgIpc) is 2.71. The predicted molar refractivity (Wildman–Crippen MR) is 73.1 cm³/mol. The van der Waals surface area contributed by atoms with E-state index in [2.05, 4.69) is 10.3 Å². The summed E-state index contributed by atoms with van der Waals surface area (Å²) < 4.78 is 0. The fraction of sp³-hybridized carbons (Fsp3) is 0.583. The van der Waals surface area contributed by atoms with E-state index in [9.17, 15) is 9.59 Å². The molecule has 1 rings (SSSR count). The highest BCUT2D eigenvalue weighted by atomic mass is 32.1. The second kappa shape index (κ2) is 6.01. The minimum atomic E-state index is -0.978. The Kier molecular flexibility index (Phi) is 4.88. The first-order valence-electron chi connectivity index (χ1n) is 5.86. The van der Waals surface area contributed by atoms with Gasteiger partial charge in [-0.3, -0.25) is 4.79 Å². The lowest BCUT2D eigenvalue weighted by Gasteiger charge is -2.22. The molecule has 0 spiro atoms. The molecule has 0 atom stereocenters. The van der Waals surface area contributed by atoms with Gasteiger partial charge in [-0.05, 0) is 20.8 Å². The largest absolute Gasteiger partial charge is 0.481 e. The van der Waals surface area contributed by atoms with Crippen molar-refractivity contribution >= 4 is 23.3 Å². The summed E-state index contributed by atoms with van der Waals surface area (Å²) in [7, 11) is 1.65. The quantitative estimate of drug-likeness (QED) is 0.862. The van der Waals surface area contributed by atoms with E-state index in [-0.39, 0.29) is 12.6 Å². The highest BCUT2D eigenvalue weighted by Crippen LogP contribution is 2.13. The lowest BCUT2D eigenvalue weighted by atomic mass is 9.94. The SMILES string of the molecule is Cc1nc(CN(C)C(=O)NCC(C)(C)C(=O)O)cs1. The second-order valence-electron chi connectivity index (χ2n) is 5.06. The van der Waals surface area contributed by atoms with Crippen molar-refractivity contribution in [3.05, 3.63) is 16.1 Å². The van der Waals surface area contributed by atoms with Crippen LogP contribution in [-0.2, 0) is 11.3 Å². The van der Waals surface area contributed by atoms with Gasteiger partial charge in [-0.15, -0.1) is 11.3 Å². The van der Waals surface area contributed by atoms with Crippen molar-refractivity contribution in [2.24, 2.45) is 5.41 Å². The first kappa shape index (κ1) is 15.4. The molecular weight excluding hydrogens is 266 g/mol. The Hall–Kier alpha value is -1.63. The average molecular weight is 285 g/mol. The molecule has 1 aromatic rings. The Balaban J connectivity index is 2.47. The first-order valence-corrected chi connectivity index (χ1v) is 6.73. The van der Waals surface area contributed by atoms with Gasteiger partial charge >= 0.3 is 12.0 Å². The van der Waals surface area contributed by atoms with Crippen LogP contribution in [0.2, 0.25) is 0 Å². The molecule has 19 heavy (non-hydrogen) atoms. The number of carboxylic acids is 1. The minimum absolute atomic E-state index is 0.0849. The van der Waals surface area contributed by atoms with Gasteiger partial charge in [0.25, 0.3) is 0 Å². The van der Waals surface area contributed by atoms with Crippen LogP contribution in [0.15, 0.2) is 5.38 Å². The van der Waals surface area contributed by atoms with Crippen LogP contribution < -0.4 is 5.32 Å². The zero-order valence-electron chi connectivity index (χ0n) is 11.6. The fourth-order valence-corrected chi connectivity index (χ4v) is 1.91. The molecule has 1 aromatic heterocycles. The number of hydrogen-bond donors (Lipinski definition) is 2. The molecule has 6 nitrogen and oxygen atoms in total. The number of rotatable bonds is 5. The Labute approximate surface area is 116 Å². The Morgan fingerprint density at radius 1 is 1.53 bits per heavy atom. The van der Waals surface area contributed by atoms with Gasteiger partial charge in [-0.2, -0.15) is 0 Å². The van der Waals surface area contributed by atoms with Crippen LogP contribution in [0.25, 0.3) is 0 Å². The van der Waals surface area contributed by atoms with Gasteiger partial charge in [0.2, 0.25) is 0 Å². The van der Waals surface area contributed by atoms with E-state index >= 15 is 0 Å². The van der Waals surface area contributed by atoms with E-state index in [1.807, 2.05) is 12.3 Å². The van der Waals surface area contributed by atoms with E-state index in [0.29, 0.717) is 6.54 Å². The van der Waals surface area contributed by atoms with E-state index < -0.39 is 11.4 Å². The molecule has 0 saturated carbocycles. The molecule has 0 unspecified atom stereocenters. The molecule has 0 fully saturated rings. The van der Waals surface area contributed by atoms with Gasteiger partial charge < -0.3 is 15.3 Å². The van der Waals surface area contributed by atoms with Crippen molar-refractivity contribution in [2.75, 3.05) is 13.6 Å². The molecule has 106 valence electrons. The van der Waals surface area contributed by atoms with Crippen molar-refractivity contribution in [1.82, 2.24) is 15.2 Å². The third-order valence-corrected chi connectivity index (χ3v) is 3.50. The van der Waals surface area contributed by atoms with Crippen molar-refractivity contribution in [3.63, 3.8) is 0 Å². The lowest BCUT2D eigenvalue weighted by molar-refractivity contribution is -0.146. The van der Waals surface area contributed by atoms with Gasteiger partial charge in [0.15, 0.2) is 0 Å². The number of urea groups is 1. The summed E-state index contributed by atoms with van der Waals surface area (Å²) >= 11 is 1.53. The van der Waals surface area contributed by atoms with E-state index in [4.69, 9.17) is 5.11 Å². The third-order valence-electron chi connectivity index (χ3n) is 2.67. The first-order chi connectivity index (χ1) is 8.72. The number of hydrogen-bond acceptors (Lipinski definition) is 4. The molecule has 0 aliphatic rings. The van der Waals surface area contributed by atoms with Gasteiger partial charge in [-0.1, -0.05) is 0 Å². The molecule has 0 saturated heterocycles. The second-order valence-corrected chi connectivity index (χ2v) is 6.12. The number of carbonyl (C=O) groups is 2. The van der Waals surface area contributed by atoms with Gasteiger partial charge in [0.05, 0.1) is 22.7 Å². The van der Waals surface area contributed by atoms with Gasteiger partial charge in [0, 0.05) is 19.0 Å². The van der Waals surface area contributed by atoms with E-state index in [1.54, 1.807) is 20.9 Å². The van der Waals surface area contributed by atoms with Crippen molar-refractivity contribution in [3.8, 4) is 0 Å². The predicted octanol–water partition coefficient (Wildman–Crippen LogP) is 1.70. The number of thiazole rings is 1. The summed E-state index contributed by atoms with van der Waals surface area (Å²) in [5, 5.41) is 14.4. The van der Waals surface area contributed by atoms with Crippen LogP contribution in [0.4, 0.5) is 4.79 Å². The number of nitrogens with zero attached hydrogens (tertiary/aromatic N) is 2. The molecule has 1 heterocycles. The Bertz CT molecular complexity index is 471. The summed E-state index contributed by atoms with van der Waals surface area (Å²) in [6.45, 7) is 5.54. The number of aryl methyl sites for hydroxylation is 1. The standard InChI is InChI=1S/C12H19N3O3S/c1-8-14-9(6-19-8)5-15(4)11(18)13-7-12(2,3)10(16)17/h6H,5,7H2,1-4H3,(H,13,18)(H,16,17). The summed E-state index contributed by atoms with van der Waals surface area (Å²) in [6.07, 6.45) is 0. The van der Waals surface area contributed by atoms with Crippen LogP contribution in [0.3, 0.4) is 0 Å². The zero-order chi connectivity index (χ0) is 14.6. The fourth-order valence-electron chi connectivity index (χ4n) is 1.30. The van der Waals surface area contributed by atoms with Crippen molar-refractivity contribution < 1.29 is 14.7 Å². The highest BCUT2D eigenvalue weighted by Gasteiger charge is 2.28. The molecule has 2 amide bonds. The number of nitrogens with one attached hydrogen (secondary N) is 1. The number of amides is 2. The van der Waals surface area contributed by atoms with Crippen LogP contribution in [0.5, 0.6) is 0 Å². The molecule has 0 aliphatic carbocycles. The van der Waals surface area contributed by atoms with E-state index in [0.717, 1.165) is 10.7 Å².